The zero-order chi connectivity index (χ0) is 12.8. The van der Waals surface area contributed by atoms with Crippen LogP contribution in [0.3, 0.4) is 0 Å². The quantitative estimate of drug-likeness (QED) is 0.764. The first kappa shape index (κ1) is 12.7. The lowest BCUT2D eigenvalue weighted by Gasteiger charge is -2.05. The van der Waals surface area contributed by atoms with Crippen LogP contribution in [0.5, 0.6) is 5.75 Å². The molecule has 0 aliphatic heterocycles. The molecular weight excluding hydrogens is 230 g/mol. The van der Waals surface area contributed by atoms with E-state index in [9.17, 15) is 0 Å². The summed E-state index contributed by atoms with van der Waals surface area (Å²) in [7, 11) is 0. The van der Waals surface area contributed by atoms with E-state index in [1.54, 1.807) is 12.5 Å². The Kier molecular flexibility index (Phi) is 4.41. The fourth-order valence-corrected chi connectivity index (χ4v) is 1.54. The van der Waals surface area contributed by atoms with Crippen LogP contribution < -0.4 is 10.1 Å². The van der Waals surface area contributed by atoms with Crippen molar-refractivity contribution in [3.05, 3.63) is 36.5 Å². The molecule has 0 atom stereocenters. The Morgan fingerprint density at radius 1 is 1.50 bits per heavy atom. The van der Waals surface area contributed by atoms with Crippen molar-refractivity contribution >= 4 is 0 Å². The van der Waals surface area contributed by atoms with Gasteiger partial charge in [-0.2, -0.15) is 5.10 Å². The molecule has 0 unspecified atom stereocenters. The van der Waals surface area contributed by atoms with Crippen molar-refractivity contribution < 1.29 is 9.15 Å². The van der Waals surface area contributed by atoms with Gasteiger partial charge in [-0.3, -0.25) is 4.68 Å². The summed E-state index contributed by atoms with van der Waals surface area (Å²) in [5, 5.41) is 7.45. The Bertz CT molecular complexity index is 449. The third-order valence-electron chi connectivity index (χ3n) is 2.53. The SMILES string of the molecule is CC(C)n1cc(OCCNCc2ccco2)cn1. The van der Waals surface area contributed by atoms with Crippen molar-refractivity contribution in [3.8, 4) is 5.75 Å². The number of ether oxygens (including phenoxy) is 1. The summed E-state index contributed by atoms with van der Waals surface area (Å²) in [5.74, 6) is 1.74. The Balaban J connectivity index is 1.62. The molecule has 0 aliphatic carbocycles. The van der Waals surface area contributed by atoms with Crippen LogP contribution in [0, 0.1) is 0 Å². The number of rotatable bonds is 7. The largest absolute Gasteiger partial charge is 0.489 e. The van der Waals surface area contributed by atoms with E-state index in [-0.39, 0.29) is 0 Å². The molecule has 0 amide bonds. The second kappa shape index (κ2) is 6.26. The maximum Gasteiger partial charge on any atom is 0.157 e. The molecule has 2 heterocycles. The van der Waals surface area contributed by atoms with Crippen LogP contribution in [0.15, 0.2) is 35.2 Å². The molecule has 0 saturated heterocycles. The number of furan rings is 1. The summed E-state index contributed by atoms with van der Waals surface area (Å²) in [6.07, 6.45) is 5.33. The van der Waals surface area contributed by atoms with E-state index in [0.29, 0.717) is 12.6 Å². The maximum absolute atomic E-state index is 5.58. The maximum atomic E-state index is 5.58. The third kappa shape index (κ3) is 3.63. The van der Waals surface area contributed by atoms with E-state index >= 15 is 0 Å². The van der Waals surface area contributed by atoms with Crippen molar-refractivity contribution in [3.63, 3.8) is 0 Å². The second-order valence-corrected chi connectivity index (χ2v) is 4.35. The predicted octanol–water partition coefficient (Wildman–Crippen LogP) is 2.23. The van der Waals surface area contributed by atoms with Gasteiger partial charge in [0.15, 0.2) is 5.75 Å². The average Bonchev–Trinajstić information content (AvgIpc) is 2.98. The lowest BCUT2D eigenvalue weighted by atomic mass is 10.4. The van der Waals surface area contributed by atoms with E-state index < -0.39 is 0 Å². The van der Waals surface area contributed by atoms with E-state index in [4.69, 9.17) is 9.15 Å². The molecule has 98 valence electrons. The highest BCUT2D eigenvalue weighted by molar-refractivity contribution is 5.11. The lowest BCUT2D eigenvalue weighted by molar-refractivity contribution is 0.310. The topological polar surface area (TPSA) is 52.2 Å². The minimum Gasteiger partial charge on any atom is -0.489 e. The zero-order valence-electron chi connectivity index (χ0n) is 10.8. The summed E-state index contributed by atoms with van der Waals surface area (Å²) >= 11 is 0. The van der Waals surface area contributed by atoms with Gasteiger partial charge in [0.05, 0.1) is 25.2 Å². The van der Waals surface area contributed by atoms with Crippen LogP contribution in [0.25, 0.3) is 0 Å². The van der Waals surface area contributed by atoms with Crippen LogP contribution >= 0.6 is 0 Å². The summed E-state index contributed by atoms with van der Waals surface area (Å²) < 4.78 is 12.7. The molecule has 0 saturated carbocycles. The van der Waals surface area contributed by atoms with Crippen LogP contribution in [0.2, 0.25) is 0 Å². The Morgan fingerprint density at radius 3 is 3.06 bits per heavy atom. The Morgan fingerprint density at radius 2 is 2.39 bits per heavy atom. The molecule has 0 aliphatic rings. The van der Waals surface area contributed by atoms with Gasteiger partial charge in [0.2, 0.25) is 0 Å². The van der Waals surface area contributed by atoms with Crippen LogP contribution in [-0.2, 0) is 6.54 Å². The van der Waals surface area contributed by atoms with Gasteiger partial charge in [-0.25, -0.2) is 0 Å². The fraction of sp³-hybridized carbons (Fsp3) is 0.462. The number of nitrogens with one attached hydrogen (secondary N) is 1. The van der Waals surface area contributed by atoms with Crippen LogP contribution in [0.1, 0.15) is 25.6 Å². The summed E-state index contributed by atoms with van der Waals surface area (Å²) in [4.78, 5) is 0. The summed E-state index contributed by atoms with van der Waals surface area (Å²) in [6, 6.07) is 4.19. The van der Waals surface area contributed by atoms with Crippen molar-refractivity contribution in [1.29, 1.82) is 0 Å². The van der Waals surface area contributed by atoms with Gasteiger partial charge >= 0.3 is 0 Å². The standard InChI is InChI=1S/C13H19N3O2/c1-11(2)16-10-13(9-15-16)18-7-5-14-8-12-4-3-6-17-12/h3-4,6,9-11,14H,5,7-8H2,1-2H3. The summed E-state index contributed by atoms with van der Waals surface area (Å²) in [5.41, 5.74) is 0. The normalized spacial score (nSPS) is 11.1. The minimum absolute atomic E-state index is 0.361. The molecule has 2 aromatic heterocycles. The molecule has 5 heteroatoms. The number of aromatic nitrogens is 2. The zero-order valence-corrected chi connectivity index (χ0v) is 10.8. The van der Waals surface area contributed by atoms with Crippen LogP contribution in [-0.4, -0.2) is 22.9 Å². The Hall–Kier alpha value is -1.75. The van der Waals surface area contributed by atoms with Crippen molar-refractivity contribution in [2.45, 2.75) is 26.4 Å². The van der Waals surface area contributed by atoms with E-state index in [1.165, 1.54) is 0 Å². The van der Waals surface area contributed by atoms with E-state index in [1.807, 2.05) is 23.0 Å². The van der Waals surface area contributed by atoms with Gasteiger partial charge in [0.1, 0.15) is 12.4 Å². The summed E-state index contributed by atoms with van der Waals surface area (Å²) in [6.45, 7) is 6.28. The molecule has 5 nitrogen and oxygen atoms in total. The highest BCUT2D eigenvalue weighted by Gasteiger charge is 2.02. The monoisotopic (exact) mass is 249 g/mol. The van der Waals surface area contributed by atoms with Gasteiger partial charge in [-0.05, 0) is 26.0 Å². The van der Waals surface area contributed by atoms with Crippen molar-refractivity contribution in [1.82, 2.24) is 15.1 Å². The first-order valence-electron chi connectivity index (χ1n) is 6.16. The van der Waals surface area contributed by atoms with Gasteiger partial charge in [0, 0.05) is 12.6 Å². The molecule has 0 fully saturated rings. The molecule has 0 aromatic carbocycles. The van der Waals surface area contributed by atoms with Crippen molar-refractivity contribution in [2.24, 2.45) is 0 Å². The Labute approximate surface area is 107 Å². The molecule has 0 spiro atoms. The van der Waals surface area contributed by atoms with Gasteiger partial charge in [-0.15, -0.1) is 0 Å². The molecule has 1 N–H and O–H groups in total. The average molecular weight is 249 g/mol. The molecule has 2 aromatic rings. The molecule has 0 radical (unpaired) electrons. The third-order valence-corrected chi connectivity index (χ3v) is 2.53. The molecular formula is C13H19N3O2. The van der Waals surface area contributed by atoms with Gasteiger partial charge < -0.3 is 14.5 Å². The lowest BCUT2D eigenvalue weighted by Crippen LogP contribution is -2.20. The highest BCUT2D eigenvalue weighted by atomic mass is 16.5. The second-order valence-electron chi connectivity index (χ2n) is 4.35. The van der Waals surface area contributed by atoms with Crippen LogP contribution in [0.4, 0.5) is 0 Å². The number of nitrogens with zero attached hydrogens (tertiary/aromatic N) is 2. The molecule has 0 bridgehead atoms. The smallest absolute Gasteiger partial charge is 0.157 e. The highest BCUT2D eigenvalue weighted by Crippen LogP contribution is 2.11. The number of hydrogen-bond acceptors (Lipinski definition) is 4. The first-order chi connectivity index (χ1) is 8.75. The minimum atomic E-state index is 0.361. The van der Waals surface area contributed by atoms with Gasteiger partial charge in [0.25, 0.3) is 0 Å². The van der Waals surface area contributed by atoms with Crippen molar-refractivity contribution in [2.75, 3.05) is 13.2 Å². The van der Waals surface area contributed by atoms with Gasteiger partial charge in [-0.1, -0.05) is 0 Å². The first-order valence-corrected chi connectivity index (χ1v) is 6.16. The molecule has 18 heavy (non-hydrogen) atoms. The van der Waals surface area contributed by atoms with E-state index in [0.717, 1.165) is 24.6 Å². The number of hydrogen-bond donors (Lipinski definition) is 1. The molecule has 2 rings (SSSR count). The predicted molar refractivity (Wildman–Crippen MR) is 68.5 cm³/mol. The van der Waals surface area contributed by atoms with E-state index in [2.05, 4.69) is 24.3 Å². The fourth-order valence-electron chi connectivity index (χ4n) is 1.54.